The summed E-state index contributed by atoms with van der Waals surface area (Å²) in [5.74, 6) is 2.29. The summed E-state index contributed by atoms with van der Waals surface area (Å²) >= 11 is 0. The molecule has 6 rings (SSSR count). The number of aryl methyl sites for hydroxylation is 1. The van der Waals surface area contributed by atoms with Gasteiger partial charge in [0.05, 0.1) is 11.9 Å². The summed E-state index contributed by atoms with van der Waals surface area (Å²) in [6.45, 7) is 4.77. The van der Waals surface area contributed by atoms with Gasteiger partial charge in [-0.25, -0.2) is 4.98 Å². The van der Waals surface area contributed by atoms with Gasteiger partial charge in [-0.3, -0.25) is 9.48 Å². The Labute approximate surface area is 183 Å². The highest BCUT2D eigenvalue weighted by Crippen LogP contribution is 2.66. The number of carbonyl (C=O) groups is 1. The van der Waals surface area contributed by atoms with Gasteiger partial charge in [-0.15, -0.1) is 0 Å². The van der Waals surface area contributed by atoms with Crippen LogP contribution in [0.1, 0.15) is 51.9 Å². The van der Waals surface area contributed by atoms with Crippen LogP contribution in [-0.4, -0.2) is 55.7 Å². The molecule has 0 radical (unpaired) electrons. The monoisotopic (exact) mass is 421 g/mol. The number of hydrogen-bond acceptors (Lipinski definition) is 6. The Balaban J connectivity index is 1.13. The first-order valence-electron chi connectivity index (χ1n) is 11.8. The highest BCUT2D eigenvalue weighted by atomic mass is 16.2. The summed E-state index contributed by atoms with van der Waals surface area (Å²) in [6, 6.07) is 2.62. The zero-order valence-electron chi connectivity index (χ0n) is 18.2. The van der Waals surface area contributed by atoms with Crippen LogP contribution in [0, 0.1) is 11.3 Å². The Hall–Kier alpha value is -2.64. The van der Waals surface area contributed by atoms with Crippen molar-refractivity contribution in [2.24, 2.45) is 11.3 Å². The van der Waals surface area contributed by atoms with Gasteiger partial charge in [0, 0.05) is 50.0 Å². The third-order valence-corrected chi connectivity index (χ3v) is 7.88. The number of nitrogens with one attached hydrogen (secondary N) is 1. The van der Waals surface area contributed by atoms with Gasteiger partial charge < -0.3 is 15.1 Å². The number of hydrogen-bond donors (Lipinski definition) is 1. The molecule has 8 nitrogen and oxygen atoms in total. The number of carbonyl (C=O) groups excluding carboxylic acids is 1. The van der Waals surface area contributed by atoms with Gasteiger partial charge in [0.2, 0.25) is 11.9 Å². The average Bonchev–Trinajstić information content (AvgIpc) is 3.31. The third kappa shape index (κ3) is 3.27. The Morgan fingerprint density at radius 1 is 1.26 bits per heavy atom. The van der Waals surface area contributed by atoms with E-state index < -0.39 is 0 Å². The van der Waals surface area contributed by atoms with Crippen molar-refractivity contribution in [3.8, 4) is 0 Å². The van der Waals surface area contributed by atoms with Crippen molar-refractivity contribution in [3.05, 3.63) is 24.7 Å². The maximum absolute atomic E-state index is 13.2. The molecule has 4 heterocycles. The Morgan fingerprint density at radius 2 is 2.06 bits per heavy atom. The fourth-order valence-electron chi connectivity index (χ4n) is 6.00. The van der Waals surface area contributed by atoms with Crippen LogP contribution in [0.5, 0.6) is 0 Å². The Kier molecular flexibility index (Phi) is 4.43. The molecule has 2 bridgehead atoms. The minimum atomic E-state index is 0.319. The van der Waals surface area contributed by atoms with Crippen LogP contribution < -0.4 is 10.2 Å². The summed E-state index contributed by atoms with van der Waals surface area (Å²) in [5.41, 5.74) is 1.31. The van der Waals surface area contributed by atoms with Crippen molar-refractivity contribution in [1.29, 1.82) is 0 Å². The second kappa shape index (κ2) is 7.21. The van der Waals surface area contributed by atoms with E-state index in [9.17, 15) is 4.79 Å². The van der Waals surface area contributed by atoms with Crippen molar-refractivity contribution in [1.82, 2.24) is 24.6 Å². The van der Waals surface area contributed by atoms with E-state index >= 15 is 0 Å². The second-order valence-electron chi connectivity index (χ2n) is 9.86. The number of rotatable bonds is 6. The first-order chi connectivity index (χ1) is 15.1. The minimum Gasteiger partial charge on any atom is -0.352 e. The maximum atomic E-state index is 13.2. The fourth-order valence-corrected chi connectivity index (χ4v) is 6.00. The minimum absolute atomic E-state index is 0.319. The van der Waals surface area contributed by atoms with Crippen LogP contribution in [0.3, 0.4) is 0 Å². The average molecular weight is 422 g/mol. The van der Waals surface area contributed by atoms with E-state index in [1.165, 1.54) is 19.3 Å². The van der Waals surface area contributed by atoms with Crippen LogP contribution in [0.2, 0.25) is 0 Å². The lowest BCUT2D eigenvalue weighted by Crippen LogP contribution is -2.56. The van der Waals surface area contributed by atoms with Gasteiger partial charge in [0.25, 0.3) is 0 Å². The van der Waals surface area contributed by atoms with Crippen molar-refractivity contribution in [2.75, 3.05) is 23.3 Å². The highest BCUT2D eigenvalue weighted by Gasteiger charge is 2.63. The predicted molar refractivity (Wildman–Crippen MR) is 118 cm³/mol. The topological polar surface area (TPSA) is 79.2 Å². The molecular weight excluding hydrogens is 390 g/mol. The molecule has 8 heteroatoms. The van der Waals surface area contributed by atoms with E-state index in [4.69, 9.17) is 4.98 Å². The largest absolute Gasteiger partial charge is 0.352 e. The number of amides is 1. The molecule has 0 aromatic carbocycles. The summed E-state index contributed by atoms with van der Waals surface area (Å²) < 4.78 is 1.92. The number of piperazine rings is 1. The van der Waals surface area contributed by atoms with Crippen LogP contribution in [0.4, 0.5) is 17.5 Å². The molecule has 1 spiro atoms. The lowest BCUT2D eigenvalue weighted by atomic mass is 9.79. The zero-order valence-corrected chi connectivity index (χ0v) is 18.2. The van der Waals surface area contributed by atoms with E-state index in [2.05, 4.69) is 32.1 Å². The van der Waals surface area contributed by atoms with Gasteiger partial charge in [0.15, 0.2) is 0 Å². The molecular formula is C23H31N7O. The Morgan fingerprint density at radius 3 is 2.74 bits per heavy atom. The van der Waals surface area contributed by atoms with Crippen molar-refractivity contribution < 1.29 is 4.79 Å². The molecule has 2 aromatic rings. The first kappa shape index (κ1) is 19.1. The summed E-state index contributed by atoms with van der Waals surface area (Å²) in [5, 5.41) is 7.63. The van der Waals surface area contributed by atoms with E-state index in [0.29, 0.717) is 35.3 Å². The lowest BCUT2D eigenvalue weighted by molar-refractivity contribution is -0.137. The summed E-state index contributed by atoms with van der Waals surface area (Å²) in [7, 11) is 0. The van der Waals surface area contributed by atoms with Crippen LogP contribution in [0.15, 0.2) is 24.7 Å². The SMILES string of the molecule is CCCn1cc(Nc2nccc(N3C[C@H]4CC[C@@H](C3)N4C(=O)[C@@H]3CC34CCC4)n2)cn1. The molecule has 2 aromatic heterocycles. The number of aromatic nitrogens is 4. The standard InChI is InChI=1S/C23H31N7O/c1-2-10-29-13-16(12-25-29)26-22-24-9-6-20(27-22)28-14-17-4-5-18(15-28)30(17)21(31)19-11-23(19)7-3-8-23/h6,9,12-13,17-19H,2-5,7-8,10-11,14-15H2,1H3,(H,24,26,27)/t17-,18+,19-/m0/s1. The van der Waals surface area contributed by atoms with Gasteiger partial charge in [-0.05, 0) is 50.0 Å². The van der Waals surface area contributed by atoms with E-state index in [1.54, 1.807) is 0 Å². The predicted octanol–water partition coefficient (Wildman–Crippen LogP) is 3.20. The molecule has 3 atom stereocenters. The van der Waals surface area contributed by atoms with Crippen molar-refractivity contribution >= 4 is 23.4 Å². The van der Waals surface area contributed by atoms with Crippen molar-refractivity contribution in [2.45, 2.75) is 70.5 Å². The number of anilines is 3. The van der Waals surface area contributed by atoms with Crippen LogP contribution in [0.25, 0.3) is 0 Å². The normalized spacial score (nSPS) is 28.0. The molecule has 2 saturated heterocycles. The second-order valence-corrected chi connectivity index (χ2v) is 9.86. The molecule has 1 amide bonds. The van der Waals surface area contributed by atoms with Gasteiger partial charge in [-0.1, -0.05) is 13.3 Å². The lowest BCUT2D eigenvalue weighted by Gasteiger charge is -2.42. The number of nitrogens with zero attached hydrogens (tertiary/aromatic N) is 6. The molecule has 4 fully saturated rings. The van der Waals surface area contributed by atoms with Crippen molar-refractivity contribution in [3.63, 3.8) is 0 Å². The molecule has 0 unspecified atom stereocenters. The summed E-state index contributed by atoms with van der Waals surface area (Å²) in [6.07, 6.45) is 13.9. The van der Waals surface area contributed by atoms with E-state index in [-0.39, 0.29) is 0 Å². The highest BCUT2D eigenvalue weighted by molar-refractivity contribution is 5.84. The molecule has 2 saturated carbocycles. The molecule has 2 aliphatic carbocycles. The maximum Gasteiger partial charge on any atom is 0.229 e. The summed E-state index contributed by atoms with van der Waals surface area (Å²) in [4.78, 5) is 27.0. The molecule has 2 aliphatic heterocycles. The van der Waals surface area contributed by atoms with E-state index in [0.717, 1.165) is 56.8 Å². The molecule has 164 valence electrons. The van der Waals surface area contributed by atoms with Crippen LogP contribution in [-0.2, 0) is 11.3 Å². The molecule has 1 N–H and O–H groups in total. The van der Waals surface area contributed by atoms with E-state index in [1.807, 2.05) is 29.3 Å². The number of fused-ring (bicyclic) bond motifs is 2. The fraction of sp³-hybridized carbons (Fsp3) is 0.652. The molecule has 31 heavy (non-hydrogen) atoms. The van der Waals surface area contributed by atoms with Gasteiger partial charge >= 0.3 is 0 Å². The third-order valence-electron chi connectivity index (χ3n) is 7.88. The smallest absolute Gasteiger partial charge is 0.229 e. The van der Waals surface area contributed by atoms with Gasteiger partial charge in [-0.2, -0.15) is 10.1 Å². The van der Waals surface area contributed by atoms with Crippen LogP contribution >= 0.6 is 0 Å². The first-order valence-corrected chi connectivity index (χ1v) is 11.8. The molecule has 4 aliphatic rings. The zero-order chi connectivity index (χ0) is 21.0. The van der Waals surface area contributed by atoms with Gasteiger partial charge in [0.1, 0.15) is 5.82 Å². The quantitative estimate of drug-likeness (QED) is 0.772. The Bertz CT molecular complexity index is 970.